The molecule has 2 N–H and O–H groups in total. The highest BCUT2D eigenvalue weighted by molar-refractivity contribution is 7.98. The Bertz CT molecular complexity index is 709. The second-order valence-electron chi connectivity index (χ2n) is 7.84. The van der Waals surface area contributed by atoms with Crippen LogP contribution >= 0.6 is 11.9 Å². The lowest BCUT2D eigenvalue weighted by molar-refractivity contribution is -0.131. The minimum absolute atomic E-state index is 0.110. The van der Waals surface area contributed by atoms with Gasteiger partial charge in [-0.3, -0.25) is 9.52 Å². The number of hydrogen-bond acceptors (Lipinski definition) is 3. The van der Waals surface area contributed by atoms with Crippen molar-refractivity contribution in [2.75, 3.05) is 18.4 Å². The van der Waals surface area contributed by atoms with Gasteiger partial charge in [-0.05, 0) is 85.6 Å². The number of rotatable bonds is 4. The zero-order chi connectivity index (χ0) is 18.8. The molecule has 4 rings (SSSR count). The Labute approximate surface area is 165 Å². The summed E-state index contributed by atoms with van der Waals surface area (Å²) in [5, 5.41) is 3.56. The van der Waals surface area contributed by atoms with E-state index in [1.807, 2.05) is 11.8 Å². The summed E-state index contributed by atoms with van der Waals surface area (Å²) in [6.45, 7) is 3.51. The number of benzene rings is 1. The van der Waals surface area contributed by atoms with Gasteiger partial charge in [0.1, 0.15) is 0 Å². The average Bonchev–Trinajstić information content (AvgIpc) is 3.35. The smallest absolute Gasteiger partial charge is 0.329 e. The molecule has 0 bridgehead atoms. The maximum Gasteiger partial charge on any atom is 0.329 e. The number of fused-ring (bicyclic) bond motifs is 2. The van der Waals surface area contributed by atoms with E-state index in [4.69, 9.17) is 0 Å². The number of amides is 3. The SMILES string of the molecule is CCC(=O)N1CCC(SNC(=O)Nc2c3c(cc4c2CCC4)CCC3)CC1. The van der Waals surface area contributed by atoms with E-state index >= 15 is 0 Å². The summed E-state index contributed by atoms with van der Waals surface area (Å²) >= 11 is 1.51. The zero-order valence-corrected chi connectivity index (χ0v) is 16.9. The van der Waals surface area contributed by atoms with Crippen LogP contribution in [0.25, 0.3) is 0 Å². The topological polar surface area (TPSA) is 61.4 Å². The molecule has 0 radical (unpaired) electrons. The maximum atomic E-state index is 12.6. The summed E-state index contributed by atoms with van der Waals surface area (Å²) in [6.07, 6.45) is 9.27. The highest BCUT2D eigenvalue weighted by Crippen LogP contribution is 2.38. The highest BCUT2D eigenvalue weighted by atomic mass is 32.2. The predicted molar refractivity (Wildman–Crippen MR) is 110 cm³/mol. The molecule has 27 heavy (non-hydrogen) atoms. The number of carbonyl (C=O) groups is 2. The summed E-state index contributed by atoms with van der Waals surface area (Å²) in [5.41, 5.74) is 6.70. The molecule has 5 nitrogen and oxygen atoms in total. The monoisotopic (exact) mass is 387 g/mol. The Kier molecular flexibility index (Phi) is 5.62. The fraction of sp³-hybridized carbons (Fsp3) is 0.619. The molecule has 1 fully saturated rings. The van der Waals surface area contributed by atoms with E-state index in [0.717, 1.165) is 57.3 Å². The number of hydrogen-bond donors (Lipinski definition) is 2. The van der Waals surface area contributed by atoms with Crippen LogP contribution in [0.3, 0.4) is 0 Å². The Balaban J connectivity index is 1.33. The minimum atomic E-state index is -0.110. The molecule has 1 heterocycles. The van der Waals surface area contributed by atoms with Gasteiger partial charge in [-0.15, -0.1) is 0 Å². The normalized spacial score (nSPS) is 18.9. The molecule has 0 unspecified atom stereocenters. The van der Waals surface area contributed by atoms with Crippen molar-refractivity contribution >= 4 is 29.6 Å². The van der Waals surface area contributed by atoms with E-state index in [1.54, 1.807) is 0 Å². The van der Waals surface area contributed by atoms with Gasteiger partial charge in [0.25, 0.3) is 0 Å². The Morgan fingerprint density at radius 1 is 1.07 bits per heavy atom. The first-order valence-corrected chi connectivity index (χ1v) is 11.2. The fourth-order valence-electron chi connectivity index (χ4n) is 4.69. The number of carbonyl (C=O) groups excluding carboxylic acids is 2. The summed E-state index contributed by atoms with van der Waals surface area (Å²) in [6, 6.07) is 2.27. The first-order chi connectivity index (χ1) is 13.2. The van der Waals surface area contributed by atoms with Gasteiger partial charge in [0.2, 0.25) is 5.91 Å². The fourth-order valence-corrected chi connectivity index (χ4v) is 5.46. The standard InChI is InChI=1S/C21H29N3O2S/c1-2-19(25)24-11-9-16(10-12-24)27-23-21(26)22-20-17-7-3-5-14(17)13-15-6-4-8-18(15)20/h13,16H,2-12H2,1H3,(H2,22,23,26). The molecule has 3 aliphatic rings. The van der Waals surface area contributed by atoms with Crippen molar-refractivity contribution in [3.63, 3.8) is 0 Å². The van der Waals surface area contributed by atoms with Crippen LogP contribution in [0.2, 0.25) is 0 Å². The van der Waals surface area contributed by atoms with Crippen molar-refractivity contribution in [3.05, 3.63) is 28.3 Å². The van der Waals surface area contributed by atoms with Crippen LogP contribution in [0.1, 0.15) is 61.3 Å². The van der Waals surface area contributed by atoms with Gasteiger partial charge in [-0.1, -0.05) is 13.0 Å². The first-order valence-electron chi connectivity index (χ1n) is 10.3. The van der Waals surface area contributed by atoms with Gasteiger partial charge in [0.05, 0.1) is 0 Å². The Hall–Kier alpha value is -1.69. The van der Waals surface area contributed by atoms with Gasteiger partial charge in [-0.2, -0.15) is 0 Å². The lowest BCUT2D eigenvalue weighted by Crippen LogP contribution is -2.40. The van der Waals surface area contributed by atoms with E-state index in [2.05, 4.69) is 16.1 Å². The third-order valence-corrected chi connectivity index (χ3v) is 7.23. The molecule has 1 saturated heterocycles. The highest BCUT2D eigenvalue weighted by Gasteiger charge is 2.26. The van der Waals surface area contributed by atoms with Crippen LogP contribution in [-0.4, -0.2) is 35.2 Å². The third kappa shape index (κ3) is 3.96. The predicted octanol–water partition coefficient (Wildman–Crippen LogP) is 3.83. The number of nitrogens with zero attached hydrogens (tertiary/aromatic N) is 1. The van der Waals surface area contributed by atoms with Crippen molar-refractivity contribution in [1.29, 1.82) is 0 Å². The Morgan fingerprint density at radius 3 is 2.30 bits per heavy atom. The number of urea groups is 1. The molecule has 0 saturated carbocycles. The van der Waals surface area contributed by atoms with Crippen molar-refractivity contribution in [3.8, 4) is 0 Å². The average molecular weight is 388 g/mol. The van der Waals surface area contributed by atoms with Gasteiger partial charge >= 0.3 is 6.03 Å². The molecular formula is C21H29N3O2S. The quantitative estimate of drug-likeness (QED) is 0.772. The minimum Gasteiger partial charge on any atom is -0.343 e. The molecule has 6 heteroatoms. The van der Waals surface area contributed by atoms with E-state index in [9.17, 15) is 9.59 Å². The van der Waals surface area contributed by atoms with Crippen LogP contribution in [0.5, 0.6) is 0 Å². The van der Waals surface area contributed by atoms with E-state index in [0.29, 0.717) is 11.7 Å². The molecule has 0 aromatic heterocycles. The van der Waals surface area contributed by atoms with E-state index < -0.39 is 0 Å². The van der Waals surface area contributed by atoms with Crippen molar-refractivity contribution in [1.82, 2.24) is 9.62 Å². The molecule has 3 amide bonds. The van der Waals surface area contributed by atoms with Crippen LogP contribution in [-0.2, 0) is 30.5 Å². The van der Waals surface area contributed by atoms with Crippen molar-refractivity contribution in [2.45, 2.75) is 70.0 Å². The lowest BCUT2D eigenvalue weighted by atomic mass is 9.99. The van der Waals surface area contributed by atoms with Gasteiger partial charge < -0.3 is 10.2 Å². The van der Waals surface area contributed by atoms with Crippen LogP contribution < -0.4 is 10.0 Å². The molecule has 1 aromatic rings. The third-order valence-electron chi connectivity index (χ3n) is 6.13. The van der Waals surface area contributed by atoms with Crippen LogP contribution in [0, 0.1) is 0 Å². The first kappa shape index (κ1) is 18.7. The molecule has 1 aliphatic heterocycles. The Morgan fingerprint density at radius 2 is 1.70 bits per heavy atom. The molecule has 0 spiro atoms. The van der Waals surface area contributed by atoms with Gasteiger partial charge in [-0.25, -0.2) is 4.79 Å². The number of anilines is 1. The van der Waals surface area contributed by atoms with Gasteiger partial charge in [0.15, 0.2) is 0 Å². The number of piperidine rings is 1. The largest absolute Gasteiger partial charge is 0.343 e. The number of likely N-dealkylation sites (tertiary alicyclic amines) is 1. The van der Waals surface area contributed by atoms with Crippen molar-refractivity contribution in [2.24, 2.45) is 0 Å². The summed E-state index contributed by atoms with van der Waals surface area (Å²) in [7, 11) is 0. The van der Waals surface area contributed by atoms with E-state index in [1.165, 1.54) is 47.0 Å². The molecule has 0 atom stereocenters. The second-order valence-corrected chi connectivity index (χ2v) is 8.95. The molecule has 1 aromatic carbocycles. The van der Waals surface area contributed by atoms with Crippen LogP contribution in [0.15, 0.2) is 6.07 Å². The summed E-state index contributed by atoms with van der Waals surface area (Å²) in [5.74, 6) is 0.232. The van der Waals surface area contributed by atoms with Crippen molar-refractivity contribution < 1.29 is 9.59 Å². The zero-order valence-electron chi connectivity index (χ0n) is 16.1. The number of aryl methyl sites for hydroxylation is 2. The van der Waals surface area contributed by atoms with Gasteiger partial charge in [0, 0.05) is 30.4 Å². The van der Waals surface area contributed by atoms with E-state index in [-0.39, 0.29) is 11.9 Å². The summed E-state index contributed by atoms with van der Waals surface area (Å²) in [4.78, 5) is 26.3. The lowest BCUT2D eigenvalue weighted by Gasteiger charge is -2.31. The maximum absolute atomic E-state index is 12.6. The van der Waals surface area contributed by atoms with Crippen LogP contribution in [0.4, 0.5) is 10.5 Å². The molecular weight excluding hydrogens is 358 g/mol. The number of nitrogens with one attached hydrogen (secondary N) is 2. The summed E-state index contributed by atoms with van der Waals surface area (Å²) < 4.78 is 3.00. The molecule has 146 valence electrons. The molecule has 2 aliphatic carbocycles. The second kappa shape index (κ2) is 8.13.